The molecule has 4 heterocycles. The molecular formula is C47H62N8O8. The first-order valence-electron chi connectivity index (χ1n) is 22.5. The number of hydrogen-bond acceptors (Lipinski definition) is 10. The maximum atomic E-state index is 14.0. The summed E-state index contributed by atoms with van der Waals surface area (Å²) < 4.78 is 20.8. The van der Waals surface area contributed by atoms with Crippen LogP contribution < -0.4 is 10.6 Å². The molecule has 4 aromatic rings. The van der Waals surface area contributed by atoms with Crippen molar-refractivity contribution in [3.8, 4) is 33.6 Å². The number of hydrogen-bond donors (Lipinski definition) is 4. The van der Waals surface area contributed by atoms with Crippen LogP contribution in [0.4, 0.5) is 9.59 Å². The molecule has 2 saturated heterocycles. The molecule has 63 heavy (non-hydrogen) atoms. The van der Waals surface area contributed by atoms with E-state index in [-0.39, 0.29) is 30.2 Å². The highest BCUT2D eigenvalue weighted by Crippen LogP contribution is 2.39. The van der Waals surface area contributed by atoms with Crippen LogP contribution in [-0.2, 0) is 54.5 Å². The fourth-order valence-corrected chi connectivity index (χ4v) is 9.29. The van der Waals surface area contributed by atoms with E-state index in [1.54, 1.807) is 16.0 Å². The van der Waals surface area contributed by atoms with E-state index in [1.807, 2.05) is 20.0 Å². The van der Waals surface area contributed by atoms with Gasteiger partial charge in [-0.1, -0.05) is 50.2 Å². The largest absolute Gasteiger partial charge is 0.453 e. The molecule has 4 N–H and O–H groups in total. The Morgan fingerprint density at radius 3 is 1.60 bits per heavy atom. The van der Waals surface area contributed by atoms with Crippen molar-refractivity contribution < 1.29 is 38.1 Å². The number of aromatic nitrogens is 4. The third-order valence-corrected chi connectivity index (χ3v) is 12.6. The lowest BCUT2D eigenvalue weighted by Gasteiger charge is -2.33. The molecule has 0 radical (unpaired) electrons. The number of nitrogens with one attached hydrogen (secondary N) is 4. The molecule has 2 aromatic carbocycles. The molecule has 2 atom stereocenters. The molecule has 2 aromatic heterocycles. The first kappa shape index (κ1) is 45.3. The van der Waals surface area contributed by atoms with E-state index in [0.717, 1.165) is 60.2 Å². The van der Waals surface area contributed by atoms with E-state index in [4.69, 9.17) is 23.9 Å². The summed E-state index contributed by atoms with van der Waals surface area (Å²) in [6, 6.07) is 11.4. The minimum Gasteiger partial charge on any atom is -0.453 e. The van der Waals surface area contributed by atoms with Gasteiger partial charge in [0, 0.05) is 45.1 Å². The average Bonchev–Trinajstić information content (AvgIpc) is 4.12. The molecule has 16 nitrogen and oxygen atoms in total. The molecule has 338 valence electrons. The number of carbonyl (C=O) groups is 4. The Kier molecular flexibility index (Phi) is 15.5. The van der Waals surface area contributed by atoms with E-state index >= 15 is 0 Å². The van der Waals surface area contributed by atoms with Crippen LogP contribution in [0, 0.1) is 11.8 Å². The van der Waals surface area contributed by atoms with Crippen LogP contribution in [0.25, 0.3) is 33.6 Å². The smallest absolute Gasteiger partial charge is 0.407 e. The van der Waals surface area contributed by atoms with Crippen molar-refractivity contribution in [1.82, 2.24) is 40.4 Å². The van der Waals surface area contributed by atoms with Gasteiger partial charge in [-0.2, -0.15) is 0 Å². The van der Waals surface area contributed by atoms with Gasteiger partial charge in [0.2, 0.25) is 11.8 Å². The number of aromatic amines is 2. The second-order valence-corrected chi connectivity index (χ2v) is 16.7. The van der Waals surface area contributed by atoms with Crippen molar-refractivity contribution in [2.24, 2.45) is 11.8 Å². The second-order valence-electron chi connectivity index (χ2n) is 16.7. The van der Waals surface area contributed by atoms with Crippen LogP contribution >= 0.6 is 0 Å². The number of imidazole rings is 2. The van der Waals surface area contributed by atoms with Gasteiger partial charge in [0.15, 0.2) is 0 Å². The number of nitrogens with zero attached hydrogens (tertiary/aromatic N) is 4. The van der Waals surface area contributed by atoms with Crippen molar-refractivity contribution >= 4 is 24.0 Å². The molecule has 2 fully saturated rings. The number of ether oxygens (including phenoxy) is 4. The minimum absolute atomic E-state index is 0.0429. The minimum atomic E-state index is -0.708. The summed E-state index contributed by atoms with van der Waals surface area (Å²) in [5, 5.41) is 5.61. The molecule has 1 aliphatic carbocycles. The Morgan fingerprint density at radius 1 is 0.667 bits per heavy atom. The van der Waals surface area contributed by atoms with Crippen molar-refractivity contribution in [3.63, 3.8) is 0 Å². The van der Waals surface area contributed by atoms with Gasteiger partial charge >= 0.3 is 12.2 Å². The van der Waals surface area contributed by atoms with E-state index in [1.165, 1.54) is 30.9 Å². The zero-order valence-corrected chi connectivity index (χ0v) is 37.0. The summed E-state index contributed by atoms with van der Waals surface area (Å²) >= 11 is 0. The fraction of sp³-hybridized carbons (Fsp3) is 0.532. The Labute approximate surface area is 369 Å². The van der Waals surface area contributed by atoms with E-state index in [9.17, 15) is 19.2 Å². The molecule has 16 heteroatoms. The van der Waals surface area contributed by atoms with Crippen molar-refractivity contribution in [2.45, 2.75) is 96.8 Å². The number of alkyl carbamates (subject to hydrolysis) is 2. The molecule has 2 aliphatic heterocycles. The molecule has 0 bridgehead atoms. The van der Waals surface area contributed by atoms with Gasteiger partial charge in [-0.15, -0.1) is 0 Å². The average molecular weight is 867 g/mol. The SMILES string of the molecule is CCCN(Cc1ncc(-c2ccc(-c3ccc(-c4cnc(CN(CCC)C(=O)C(NC(=O)OC)C5CCOCC5)[nH]4)c4c3CCC4)cc2)[nH]1)C(=O)C(NC(=O)OC)C1CCOCC1. The zero-order valence-electron chi connectivity index (χ0n) is 37.0. The first-order valence-corrected chi connectivity index (χ1v) is 22.5. The third kappa shape index (κ3) is 10.9. The van der Waals surface area contributed by atoms with Crippen LogP contribution in [0.3, 0.4) is 0 Å². The van der Waals surface area contributed by atoms with Crippen molar-refractivity contribution in [2.75, 3.05) is 53.7 Å². The van der Waals surface area contributed by atoms with Gasteiger partial charge in [0.1, 0.15) is 23.7 Å². The highest BCUT2D eigenvalue weighted by atomic mass is 16.5. The van der Waals surface area contributed by atoms with E-state index < -0.39 is 24.3 Å². The topological polar surface area (TPSA) is 193 Å². The number of carbonyl (C=O) groups excluding carboxylic acids is 4. The molecule has 3 aliphatic rings. The summed E-state index contributed by atoms with van der Waals surface area (Å²) in [6.45, 7) is 7.87. The number of rotatable bonds is 17. The summed E-state index contributed by atoms with van der Waals surface area (Å²) in [7, 11) is 2.61. The molecule has 2 unspecified atom stereocenters. The number of benzene rings is 2. The monoisotopic (exact) mass is 866 g/mol. The van der Waals surface area contributed by atoms with Gasteiger partial charge in [0.05, 0.1) is 51.1 Å². The number of amides is 4. The number of H-pyrrole nitrogens is 2. The van der Waals surface area contributed by atoms with Crippen LogP contribution in [0.2, 0.25) is 0 Å². The number of methoxy groups -OCH3 is 2. The molecule has 7 rings (SSSR count). The van der Waals surface area contributed by atoms with Crippen molar-refractivity contribution in [3.05, 3.63) is 71.6 Å². The van der Waals surface area contributed by atoms with E-state index in [2.05, 4.69) is 62.0 Å². The van der Waals surface area contributed by atoms with Crippen LogP contribution in [0.1, 0.15) is 81.6 Å². The highest BCUT2D eigenvalue weighted by molar-refractivity contribution is 5.87. The predicted molar refractivity (Wildman–Crippen MR) is 236 cm³/mol. The summed E-state index contributed by atoms with van der Waals surface area (Å²) in [4.78, 5) is 72.4. The lowest BCUT2D eigenvalue weighted by atomic mass is 9.90. The quantitative estimate of drug-likeness (QED) is 0.0923. The second kappa shape index (κ2) is 21.6. The number of fused-ring (bicyclic) bond motifs is 1. The fourth-order valence-electron chi connectivity index (χ4n) is 9.29. The molecular weight excluding hydrogens is 805 g/mol. The summed E-state index contributed by atoms with van der Waals surface area (Å²) in [6.07, 6.45) is 9.64. The van der Waals surface area contributed by atoms with Crippen LogP contribution in [0.5, 0.6) is 0 Å². The van der Waals surface area contributed by atoms with Gasteiger partial charge in [-0.05, 0) is 97.4 Å². The molecule has 4 amide bonds. The summed E-state index contributed by atoms with van der Waals surface area (Å²) in [5.41, 5.74) is 8.82. The normalized spacial score (nSPS) is 16.4. The highest BCUT2D eigenvalue weighted by Gasteiger charge is 2.36. The van der Waals surface area contributed by atoms with Gasteiger partial charge in [0.25, 0.3) is 0 Å². The standard InChI is InChI=1S/C47H62N8O8/c1-5-20-54(44(56)42(52-46(58)60-3)32-16-22-62-23-17-32)28-40-48-26-38(50-40)31-12-10-30(11-13-31)34-14-15-37(36-9-7-8-35(34)36)39-27-49-41(51-39)29-55(21-6-2)45(57)43(53-47(59)61-4)33-18-24-63-25-19-33/h10-15,26-27,32-33,42-43H,5-9,16-25,28-29H2,1-4H3,(H,48,50)(H,49,51)(H,52,58)(H,53,59). The third-order valence-electron chi connectivity index (χ3n) is 12.6. The van der Waals surface area contributed by atoms with Crippen LogP contribution in [0.15, 0.2) is 48.8 Å². The van der Waals surface area contributed by atoms with Gasteiger partial charge < -0.3 is 49.3 Å². The Bertz CT molecular complexity index is 2170. The van der Waals surface area contributed by atoms with E-state index in [0.29, 0.717) is 83.4 Å². The Balaban J connectivity index is 1.04. The molecule has 0 spiro atoms. The zero-order chi connectivity index (χ0) is 44.3. The van der Waals surface area contributed by atoms with Crippen LogP contribution in [-0.4, -0.2) is 120 Å². The lowest BCUT2D eigenvalue weighted by Crippen LogP contribution is -2.53. The Morgan fingerprint density at radius 2 is 1.11 bits per heavy atom. The maximum Gasteiger partial charge on any atom is 0.407 e. The molecule has 0 saturated carbocycles. The first-order chi connectivity index (χ1) is 30.7. The Hall–Kier alpha value is -5.74. The van der Waals surface area contributed by atoms with Gasteiger partial charge in [-0.25, -0.2) is 19.6 Å². The van der Waals surface area contributed by atoms with Crippen molar-refractivity contribution in [1.29, 1.82) is 0 Å². The lowest BCUT2D eigenvalue weighted by molar-refractivity contribution is -0.137. The predicted octanol–water partition coefficient (Wildman–Crippen LogP) is 6.40. The van der Waals surface area contributed by atoms with Gasteiger partial charge in [-0.3, -0.25) is 9.59 Å². The summed E-state index contributed by atoms with van der Waals surface area (Å²) in [5.74, 6) is 0.959. The maximum absolute atomic E-state index is 14.0.